The van der Waals surface area contributed by atoms with Gasteiger partial charge in [0.1, 0.15) is 0 Å². The molecule has 2 aromatic carbocycles. The van der Waals surface area contributed by atoms with E-state index in [4.69, 9.17) is 9.47 Å². The second-order valence-corrected chi connectivity index (χ2v) is 6.48. The van der Waals surface area contributed by atoms with Gasteiger partial charge < -0.3 is 14.8 Å². The number of amides is 1. The molecule has 0 aromatic heterocycles. The minimum Gasteiger partial charge on any atom is -0.452 e. The number of ether oxygens (including phenoxy) is 2. The van der Waals surface area contributed by atoms with E-state index in [2.05, 4.69) is 5.32 Å². The molecule has 1 N–H and O–H groups in total. The lowest BCUT2D eigenvalue weighted by Crippen LogP contribution is -2.21. The van der Waals surface area contributed by atoms with Crippen LogP contribution < -0.4 is 5.32 Å². The van der Waals surface area contributed by atoms with Crippen LogP contribution in [0, 0.1) is 13.8 Å². The predicted octanol–water partition coefficient (Wildman–Crippen LogP) is 4.02. The molecular weight excluding hydrogens is 330 g/mol. The zero-order chi connectivity index (χ0) is 19.1. The Hall–Kier alpha value is -2.66. The Balaban J connectivity index is 1.83. The standard InChI is InChI=1S/C21H25NO4/c1-14(2)25-12-17-6-8-18(9-7-17)21(24)26-13-20(23)22-19-10-5-15(3)16(4)11-19/h5-11,14H,12-13H2,1-4H3,(H,22,23). The van der Waals surface area contributed by atoms with Crippen molar-refractivity contribution in [1.82, 2.24) is 0 Å². The Kier molecular flexibility index (Phi) is 6.92. The molecule has 0 bridgehead atoms. The molecule has 0 unspecified atom stereocenters. The molecule has 0 radical (unpaired) electrons. The number of aryl methyl sites for hydroxylation is 2. The highest BCUT2D eigenvalue weighted by Gasteiger charge is 2.11. The van der Waals surface area contributed by atoms with Crippen molar-refractivity contribution in [2.75, 3.05) is 11.9 Å². The summed E-state index contributed by atoms with van der Waals surface area (Å²) in [5.41, 5.74) is 4.29. The Bertz CT molecular complexity index is 766. The van der Waals surface area contributed by atoms with Crippen molar-refractivity contribution in [3.8, 4) is 0 Å². The second-order valence-electron chi connectivity index (χ2n) is 6.48. The van der Waals surface area contributed by atoms with E-state index in [-0.39, 0.29) is 18.6 Å². The number of hydrogen-bond acceptors (Lipinski definition) is 4. The quantitative estimate of drug-likeness (QED) is 0.762. The van der Waals surface area contributed by atoms with Crippen LogP contribution in [0.3, 0.4) is 0 Å². The first-order valence-electron chi connectivity index (χ1n) is 8.60. The van der Waals surface area contributed by atoms with E-state index in [1.54, 1.807) is 12.1 Å². The lowest BCUT2D eigenvalue weighted by Gasteiger charge is -2.09. The Morgan fingerprint density at radius 3 is 2.31 bits per heavy atom. The second kappa shape index (κ2) is 9.15. The van der Waals surface area contributed by atoms with Gasteiger partial charge in [-0.05, 0) is 68.7 Å². The molecule has 26 heavy (non-hydrogen) atoms. The van der Waals surface area contributed by atoms with Gasteiger partial charge in [0.15, 0.2) is 6.61 Å². The summed E-state index contributed by atoms with van der Waals surface area (Å²) in [7, 11) is 0. The first-order valence-corrected chi connectivity index (χ1v) is 8.60. The summed E-state index contributed by atoms with van der Waals surface area (Å²) in [6.45, 7) is 8.07. The summed E-state index contributed by atoms with van der Waals surface area (Å²) < 4.78 is 10.6. The number of anilines is 1. The third-order valence-electron chi connectivity index (χ3n) is 3.90. The maximum atomic E-state index is 12.0. The monoisotopic (exact) mass is 355 g/mol. The van der Waals surface area contributed by atoms with Crippen LogP contribution in [0.5, 0.6) is 0 Å². The van der Waals surface area contributed by atoms with Gasteiger partial charge >= 0.3 is 5.97 Å². The number of carbonyl (C=O) groups is 2. The number of esters is 1. The number of rotatable bonds is 7. The zero-order valence-electron chi connectivity index (χ0n) is 15.7. The minimum atomic E-state index is -0.531. The Morgan fingerprint density at radius 2 is 1.69 bits per heavy atom. The predicted molar refractivity (Wildman–Crippen MR) is 101 cm³/mol. The van der Waals surface area contributed by atoms with E-state index in [0.717, 1.165) is 16.7 Å². The molecule has 138 valence electrons. The highest BCUT2D eigenvalue weighted by atomic mass is 16.5. The average Bonchev–Trinajstić information content (AvgIpc) is 2.61. The van der Waals surface area contributed by atoms with Gasteiger partial charge in [-0.3, -0.25) is 4.79 Å². The van der Waals surface area contributed by atoms with Gasteiger partial charge in [-0.2, -0.15) is 0 Å². The number of carbonyl (C=O) groups excluding carboxylic acids is 2. The van der Waals surface area contributed by atoms with Crippen LogP contribution in [0.25, 0.3) is 0 Å². The largest absolute Gasteiger partial charge is 0.452 e. The SMILES string of the molecule is Cc1ccc(NC(=O)COC(=O)c2ccc(COC(C)C)cc2)cc1C. The maximum Gasteiger partial charge on any atom is 0.338 e. The Morgan fingerprint density at radius 1 is 1.00 bits per heavy atom. The molecule has 0 heterocycles. The molecule has 0 aliphatic rings. The fourth-order valence-corrected chi connectivity index (χ4v) is 2.23. The molecule has 0 fully saturated rings. The summed E-state index contributed by atoms with van der Waals surface area (Å²) >= 11 is 0. The maximum absolute atomic E-state index is 12.0. The number of hydrogen-bond donors (Lipinski definition) is 1. The van der Waals surface area contributed by atoms with E-state index >= 15 is 0 Å². The summed E-state index contributed by atoms with van der Waals surface area (Å²) in [5.74, 6) is -0.903. The van der Waals surface area contributed by atoms with E-state index in [1.165, 1.54) is 0 Å². The lowest BCUT2D eigenvalue weighted by atomic mass is 10.1. The van der Waals surface area contributed by atoms with E-state index in [9.17, 15) is 9.59 Å². The minimum absolute atomic E-state index is 0.149. The van der Waals surface area contributed by atoms with Crippen molar-refractivity contribution in [2.24, 2.45) is 0 Å². The molecule has 1 amide bonds. The van der Waals surface area contributed by atoms with E-state index < -0.39 is 5.97 Å². The van der Waals surface area contributed by atoms with Crippen LogP contribution in [0.15, 0.2) is 42.5 Å². The van der Waals surface area contributed by atoms with Gasteiger partial charge in [0.05, 0.1) is 18.3 Å². The molecule has 0 saturated carbocycles. The van der Waals surface area contributed by atoms with Gasteiger partial charge in [-0.15, -0.1) is 0 Å². The van der Waals surface area contributed by atoms with E-state index in [1.807, 2.05) is 58.0 Å². The topological polar surface area (TPSA) is 64.6 Å². The average molecular weight is 355 g/mol. The van der Waals surface area contributed by atoms with Crippen LogP contribution in [0.4, 0.5) is 5.69 Å². The van der Waals surface area contributed by atoms with Gasteiger partial charge in [-0.25, -0.2) is 4.79 Å². The summed E-state index contributed by atoms with van der Waals surface area (Å²) in [6.07, 6.45) is 0.149. The molecular formula is C21H25NO4. The van der Waals surface area contributed by atoms with Crippen LogP contribution in [0.1, 0.15) is 40.9 Å². The van der Waals surface area contributed by atoms with Crippen molar-refractivity contribution < 1.29 is 19.1 Å². The molecule has 2 rings (SSSR count). The first-order chi connectivity index (χ1) is 12.3. The summed E-state index contributed by atoms with van der Waals surface area (Å²) in [6, 6.07) is 12.6. The summed E-state index contributed by atoms with van der Waals surface area (Å²) in [5, 5.41) is 2.72. The lowest BCUT2D eigenvalue weighted by molar-refractivity contribution is -0.119. The van der Waals surface area contributed by atoms with Crippen molar-refractivity contribution in [1.29, 1.82) is 0 Å². The van der Waals surface area contributed by atoms with Gasteiger partial charge in [0, 0.05) is 5.69 Å². The first kappa shape index (κ1) is 19.7. The molecule has 0 atom stereocenters. The van der Waals surface area contributed by atoms with Crippen molar-refractivity contribution in [3.63, 3.8) is 0 Å². The summed E-state index contributed by atoms with van der Waals surface area (Å²) in [4.78, 5) is 24.0. The molecule has 5 heteroatoms. The Labute approximate surface area is 154 Å². The molecule has 5 nitrogen and oxygen atoms in total. The van der Waals surface area contributed by atoms with E-state index in [0.29, 0.717) is 17.9 Å². The van der Waals surface area contributed by atoms with Crippen molar-refractivity contribution in [3.05, 3.63) is 64.7 Å². The van der Waals surface area contributed by atoms with Crippen LogP contribution in [-0.2, 0) is 20.9 Å². The molecule has 0 aliphatic heterocycles. The van der Waals surface area contributed by atoms with Crippen molar-refractivity contribution >= 4 is 17.6 Å². The highest BCUT2D eigenvalue weighted by molar-refractivity contribution is 5.95. The number of nitrogens with one attached hydrogen (secondary N) is 1. The molecule has 0 spiro atoms. The number of benzene rings is 2. The fraction of sp³-hybridized carbons (Fsp3) is 0.333. The molecule has 0 saturated heterocycles. The van der Waals surface area contributed by atoms with Gasteiger partial charge in [0.2, 0.25) is 0 Å². The highest BCUT2D eigenvalue weighted by Crippen LogP contribution is 2.14. The normalized spacial score (nSPS) is 10.7. The molecule has 0 aliphatic carbocycles. The third-order valence-corrected chi connectivity index (χ3v) is 3.90. The smallest absolute Gasteiger partial charge is 0.338 e. The zero-order valence-corrected chi connectivity index (χ0v) is 15.7. The van der Waals surface area contributed by atoms with Gasteiger partial charge in [0.25, 0.3) is 5.91 Å². The fourth-order valence-electron chi connectivity index (χ4n) is 2.23. The molecule has 2 aromatic rings. The van der Waals surface area contributed by atoms with Crippen LogP contribution >= 0.6 is 0 Å². The third kappa shape index (κ3) is 6.01. The van der Waals surface area contributed by atoms with Crippen LogP contribution in [0.2, 0.25) is 0 Å². The van der Waals surface area contributed by atoms with Crippen LogP contribution in [-0.4, -0.2) is 24.6 Å². The van der Waals surface area contributed by atoms with Gasteiger partial charge in [-0.1, -0.05) is 18.2 Å². The van der Waals surface area contributed by atoms with Crippen molar-refractivity contribution in [2.45, 2.75) is 40.4 Å².